The van der Waals surface area contributed by atoms with Crippen LogP contribution in [0.1, 0.15) is 65.7 Å². The summed E-state index contributed by atoms with van der Waals surface area (Å²) in [5.74, 6) is 1.08. The summed E-state index contributed by atoms with van der Waals surface area (Å²) in [5, 5.41) is 19.3. The summed E-state index contributed by atoms with van der Waals surface area (Å²) in [4.78, 5) is 12.1. The molecule has 0 aromatic rings. The Labute approximate surface area is 140 Å². The third-order valence-corrected chi connectivity index (χ3v) is 7.66. The Morgan fingerprint density at radius 3 is 2.57 bits per heavy atom. The molecule has 0 saturated heterocycles. The highest BCUT2D eigenvalue weighted by atomic mass is 16.3. The summed E-state index contributed by atoms with van der Waals surface area (Å²) < 4.78 is 0. The average Bonchev–Trinajstić information content (AvgIpc) is 2.53. The molecule has 3 nitrogen and oxygen atoms in total. The summed E-state index contributed by atoms with van der Waals surface area (Å²) in [5.41, 5.74) is 1.28. The van der Waals surface area contributed by atoms with Crippen molar-refractivity contribution in [3.63, 3.8) is 0 Å². The van der Waals surface area contributed by atoms with E-state index < -0.39 is 5.41 Å². The number of hydrogen-bond acceptors (Lipinski definition) is 3. The van der Waals surface area contributed by atoms with E-state index in [-0.39, 0.29) is 23.2 Å². The Bertz CT molecular complexity index is 525. The van der Waals surface area contributed by atoms with Gasteiger partial charge in [-0.25, -0.2) is 0 Å². The van der Waals surface area contributed by atoms with E-state index in [0.717, 1.165) is 32.1 Å². The van der Waals surface area contributed by atoms with Gasteiger partial charge in [0.25, 0.3) is 0 Å². The number of rotatable bonds is 3. The molecule has 3 rings (SSSR count). The van der Waals surface area contributed by atoms with Crippen LogP contribution < -0.4 is 0 Å². The molecule has 5 unspecified atom stereocenters. The van der Waals surface area contributed by atoms with Gasteiger partial charge < -0.3 is 10.2 Å². The number of hydrogen-bond donors (Lipinski definition) is 2. The minimum atomic E-state index is -0.473. The van der Waals surface area contributed by atoms with Crippen molar-refractivity contribution < 1.29 is 15.0 Å². The second-order valence-corrected chi connectivity index (χ2v) is 9.07. The maximum Gasteiger partial charge on any atom is 0.167 e. The first-order chi connectivity index (χ1) is 10.8. The number of allylic oxidation sites excluding steroid dienone is 2. The smallest absolute Gasteiger partial charge is 0.167 e. The summed E-state index contributed by atoms with van der Waals surface area (Å²) in [6.07, 6.45) is 9.83. The Kier molecular flexibility index (Phi) is 4.25. The summed E-state index contributed by atoms with van der Waals surface area (Å²) >= 11 is 0. The predicted octanol–water partition coefficient (Wildman–Crippen LogP) is 3.49. The number of fused-ring (bicyclic) bond motifs is 3. The molecule has 3 aliphatic rings. The third kappa shape index (κ3) is 2.51. The number of carbonyl (C=O) groups excluding carboxylic acids is 1. The highest BCUT2D eigenvalue weighted by molar-refractivity contribution is 5.87. The van der Waals surface area contributed by atoms with Gasteiger partial charge in [0.1, 0.15) is 6.61 Å². The topological polar surface area (TPSA) is 57.5 Å². The standard InChI is InChI=1S/C20H32O3/c1-18(17(23)12-21)10-7-15-14(11-18)5-6-16-19(2,13-22)8-4-9-20(15,16)3/h11,15-16,21-22H,4-10,12-13H2,1-3H3. The molecule has 0 heterocycles. The summed E-state index contributed by atoms with van der Waals surface area (Å²) in [6, 6.07) is 0. The highest BCUT2D eigenvalue weighted by Crippen LogP contribution is 2.63. The van der Waals surface area contributed by atoms with Gasteiger partial charge in [-0.1, -0.05) is 31.9 Å². The molecule has 2 saturated carbocycles. The molecule has 23 heavy (non-hydrogen) atoms. The maximum atomic E-state index is 12.1. The van der Waals surface area contributed by atoms with Gasteiger partial charge in [-0.05, 0) is 68.1 Å². The normalized spacial score (nSPS) is 46.6. The zero-order valence-electron chi connectivity index (χ0n) is 14.9. The van der Waals surface area contributed by atoms with E-state index in [4.69, 9.17) is 0 Å². The third-order valence-electron chi connectivity index (χ3n) is 7.66. The predicted molar refractivity (Wildman–Crippen MR) is 90.9 cm³/mol. The van der Waals surface area contributed by atoms with Crippen LogP contribution in [0, 0.1) is 28.1 Å². The zero-order chi connectivity index (χ0) is 16.9. The van der Waals surface area contributed by atoms with Crippen LogP contribution in [0.4, 0.5) is 0 Å². The van der Waals surface area contributed by atoms with E-state index in [2.05, 4.69) is 19.9 Å². The van der Waals surface area contributed by atoms with E-state index in [1.54, 1.807) is 0 Å². The first kappa shape index (κ1) is 17.2. The van der Waals surface area contributed by atoms with Crippen molar-refractivity contribution in [3.8, 4) is 0 Å². The molecule has 2 fully saturated rings. The average molecular weight is 320 g/mol. The monoisotopic (exact) mass is 320 g/mol. The van der Waals surface area contributed by atoms with Crippen LogP contribution in [0.5, 0.6) is 0 Å². The highest BCUT2D eigenvalue weighted by Gasteiger charge is 2.56. The van der Waals surface area contributed by atoms with Crippen molar-refractivity contribution in [1.82, 2.24) is 0 Å². The quantitative estimate of drug-likeness (QED) is 0.783. The molecular formula is C20H32O3. The molecule has 0 bridgehead atoms. The Morgan fingerprint density at radius 2 is 1.91 bits per heavy atom. The van der Waals surface area contributed by atoms with Gasteiger partial charge in [0, 0.05) is 12.0 Å². The van der Waals surface area contributed by atoms with Gasteiger partial charge in [-0.15, -0.1) is 0 Å². The lowest BCUT2D eigenvalue weighted by atomic mass is 9.45. The van der Waals surface area contributed by atoms with Crippen LogP contribution in [0.2, 0.25) is 0 Å². The largest absolute Gasteiger partial charge is 0.396 e. The van der Waals surface area contributed by atoms with Gasteiger partial charge in [0.15, 0.2) is 5.78 Å². The van der Waals surface area contributed by atoms with Crippen LogP contribution in [0.25, 0.3) is 0 Å². The first-order valence-corrected chi connectivity index (χ1v) is 9.26. The molecular weight excluding hydrogens is 288 g/mol. The molecule has 3 aliphatic carbocycles. The molecule has 5 atom stereocenters. The first-order valence-electron chi connectivity index (χ1n) is 9.26. The minimum Gasteiger partial charge on any atom is -0.396 e. The molecule has 0 aromatic carbocycles. The van der Waals surface area contributed by atoms with Crippen molar-refractivity contribution in [1.29, 1.82) is 0 Å². The van der Waals surface area contributed by atoms with Crippen LogP contribution >= 0.6 is 0 Å². The van der Waals surface area contributed by atoms with Crippen molar-refractivity contribution in [3.05, 3.63) is 11.6 Å². The maximum absolute atomic E-state index is 12.1. The fourth-order valence-corrected chi connectivity index (χ4v) is 6.22. The molecule has 2 N–H and O–H groups in total. The van der Waals surface area contributed by atoms with Gasteiger partial charge in [0.05, 0.1) is 0 Å². The van der Waals surface area contributed by atoms with E-state index in [9.17, 15) is 15.0 Å². The Morgan fingerprint density at radius 1 is 1.17 bits per heavy atom. The van der Waals surface area contributed by atoms with E-state index in [1.165, 1.54) is 18.4 Å². The van der Waals surface area contributed by atoms with E-state index in [1.807, 2.05) is 6.92 Å². The van der Waals surface area contributed by atoms with E-state index >= 15 is 0 Å². The van der Waals surface area contributed by atoms with Crippen molar-refractivity contribution in [2.75, 3.05) is 13.2 Å². The second kappa shape index (κ2) is 5.70. The van der Waals surface area contributed by atoms with Crippen molar-refractivity contribution >= 4 is 5.78 Å². The van der Waals surface area contributed by atoms with Crippen LogP contribution in [0.15, 0.2) is 11.6 Å². The lowest BCUT2D eigenvalue weighted by Gasteiger charge is -2.60. The lowest BCUT2D eigenvalue weighted by Crippen LogP contribution is -2.53. The van der Waals surface area contributed by atoms with Crippen LogP contribution in [0.3, 0.4) is 0 Å². The van der Waals surface area contributed by atoms with Gasteiger partial charge in [-0.3, -0.25) is 4.79 Å². The molecule has 0 amide bonds. The van der Waals surface area contributed by atoms with Gasteiger partial charge >= 0.3 is 0 Å². The molecule has 0 radical (unpaired) electrons. The minimum absolute atomic E-state index is 0.0421. The molecule has 130 valence electrons. The lowest BCUT2D eigenvalue weighted by molar-refractivity contribution is -0.130. The number of ketones is 1. The van der Waals surface area contributed by atoms with Crippen LogP contribution in [-0.2, 0) is 4.79 Å². The second-order valence-electron chi connectivity index (χ2n) is 9.07. The van der Waals surface area contributed by atoms with Gasteiger partial charge in [0.2, 0.25) is 0 Å². The number of Topliss-reactive ketones (excluding diaryl/α,β-unsaturated/α-hetero) is 1. The zero-order valence-corrected chi connectivity index (χ0v) is 14.9. The van der Waals surface area contributed by atoms with Crippen molar-refractivity contribution in [2.24, 2.45) is 28.1 Å². The molecule has 3 heteroatoms. The molecule has 0 aromatic heterocycles. The fourth-order valence-electron chi connectivity index (χ4n) is 6.22. The number of aliphatic hydroxyl groups is 2. The van der Waals surface area contributed by atoms with Crippen molar-refractivity contribution in [2.45, 2.75) is 65.7 Å². The molecule has 0 spiro atoms. The van der Waals surface area contributed by atoms with Crippen LogP contribution in [-0.4, -0.2) is 29.2 Å². The van der Waals surface area contributed by atoms with Gasteiger partial charge in [-0.2, -0.15) is 0 Å². The summed E-state index contributed by atoms with van der Waals surface area (Å²) in [7, 11) is 0. The Balaban J connectivity index is 1.94. The number of carbonyl (C=O) groups is 1. The fraction of sp³-hybridized carbons (Fsp3) is 0.850. The summed E-state index contributed by atoms with van der Waals surface area (Å²) in [6.45, 7) is 6.63. The number of aliphatic hydroxyl groups excluding tert-OH is 2. The Hall–Kier alpha value is -0.670. The SMILES string of the molecule is CC1(C(=O)CO)C=C2CCC3C(C)(CO)CCCC3(C)C2CC1. The van der Waals surface area contributed by atoms with E-state index in [0.29, 0.717) is 18.4 Å². The molecule has 0 aliphatic heterocycles.